The molecular formula is C23H19N7O2S. The van der Waals surface area contributed by atoms with Gasteiger partial charge >= 0.3 is 0 Å². The fourth-order valence-corrected chi connectivity index (χ4v) is 3.92. The number of anilines is 1. The molecule has 10 heteroatoms. The number of nitrogens with one attached hydrogen (secondary N) is 1. The monoisotopic (exact) mass is 457 g/mol. The summed E-state index contributed by atoms with van der Waals surface area (Å²) >= 11 is 0. The Kier molecular flexibility index (Phi) is 5.29. The molecule has 5 rings (SSSR count). The molecule has 0 spiro atoms. The highest BCUT2D eigenvalue weighted by Crippen LogP contribution is 2.31. The molecule has 0 bridgehead atoms. The van der Waals surface area contributed by atoms with Crippen LogP contribution in [0.2, 0.25) is 0 Å². The van der Waals surface area contributed by atoms with E-state index in [-0.39, 0.29) is 16.5 Å². The zero-order chi connectivity index (χ0) is 22.8. The Morgan fingerprint density at radius 1 is 0.909 bits per heavy atom. The first kappa shape index (κ1) is 20.7. The van der Waals surface area contributed by atoms with E-state index >= 15 is 0 Å². The lowest BCUT2D eigenvalue weighted by atomic mass is 10.1. The van der Waals surface area contributed by atoms with Crippen molar-refractivity contribution in [3.63, 3.8) is 0 Å². The van der Waals surface area contributed by atoms with E-state index in [1.807, 2.05) is 72.9 Å². The van der Waals surface area contributed by atoms with Crippen molar-refractivity contribution in [1.82, 2.24) is 24.6 Å². The molecule has 0 amide bonds. The lowest BCUT2D eigenvalue weighted by Gasteiger charge is -2.12. The van der Waals surface area contributed by atoms with Crippen molar-refractivity contribution in [3.05, 3.63) is 90.9 Å². The third kappa shape index (κ3) is 4.29. The summed E-state index contributed by atoms with van der Waals surface area (Å²) in [6.07, 6.45) is 4.32. The van der Waals surface area contributed by atoms with E-state index in [2.05, 4.69) is 25.4 Å². The maximum Gasteiger partial charge on any atom is 0.257 e. The molecule has 0 unspecified atom stereocenters. The average Bonchev–Trinajstić information content (AvgIpc) is 3.28. The van der Waals surface area contributed by atoms with E-state index in [1.54, 1.807) is 4.52 Å². The minimum atomic E-state index is -4.02. The summed E-state index contributed by atoms with van der Waals surface area (Å²) in [5.41, 5.74) is 4.05. The number of nitrogens with zero attached hydrogens (tertiary/aromatic N) is 5. The predicted molar refractivity (Wildman–Crippen MR) is 125 cm³/mol. The van der Waals surface area contributed by atoms with Crippen LogP contribution in [0.5, 0.6) is 0 Å². The van der Waals surface area contributed by atoms with Gasteiger partial charge in [-0.2, -0.15) is 0 Å². The molecule has 0 fully saturated rings. The molecule has 3 N–H and O–H groups in total. The van der Waals surface area contributed by atoms with Crippen molar-refractivity contribution < 1.29 is 8.42 Å². The predicted octanol–water partition coefficient (Wildman–Crippen LogP) is 3.11. The quantitative estimate of drug-likeness (QED) is 0.401. The second kappa shape index (κ2) is 8.41. The Bertz CT molecular complexity index is 1540. The molecule has 0 aliphatic heterocycles. The summed E-state index contributed by atoms with van der Waals surface area (Å²) in [4.78, 5) is 12.7. The highest BCUT2D eigenvalue weighted by Gasteiger charge is 2.18. The minimum absolute atomic E-state index is 0.196. The summed E-state index contributed by atoms with van der Waals surface area (Å²) < 4.78 is 25.2. The highest BCUT2D eigenvalue weighted by atomic mass is 32.2. The summed E-state index contributed by atoms with van der Waals surface area (Å²) in [7, 11) is -4.02. The minimum Gasteiger partial charge on any atom is -0.364 e. The fraction of sp³-hybridized carbons (Fsp3) is 0.0435. The molecule has 0 aliphatic carbocycles. The van der Waals surface area contributed by atoms with Crippen LogP contribution in [0.3, 0.4) is 0 Å². The van der Waals surface area contributed by atoms with Crippen LogP contribution < -0.4 is 10.5 Å². The van der Waals surface area contributed by atoms with Gasteiger partial charge in [-0.25, -0.2) is 28.0 Å². The number of rotatable bonds is 6. The van der Waals surface area contributed by atoms with Gasteiger partial charge in [0.2, 0.25) is 5.82 Å². The van der Waals surface area contributed by atoms with Gasteiger partial charge in [0.1, 0.15) is 11.2 Å². The van der Waals surface area contributed by atoms with E-state index < -0.39 is 10.0 Å². The van der Waals surface area contributed by atoms with Crippen molar-refractivity contribution in [3.8, 4) is 22.6 Å². The zero-order valence-electron chi connectivity index (χ0n) is 17.3. The standard InChI is InChI=1S/C23H19N7O2S/c24-33(31,32)20-15-25-14-19(27-20)22-28-23(26-13-16-7-3-1-4-8-16)21-18(11-12-30(21)29-22)17-9-5-2-6-10-17/h1-12,14-15H,13H2,(H2,24,31,32)(H,26,28,29). The van der Waals surface area contributed by atoms with Crippen LogP contribution in [0.1, 0.15) is 5.56 Å². The normalized spacial score (nSPS) is 11.5. The molecule has 33 heavy (non-hydrogen) atoms. The Labute approximate surface area is 190 Å². The van der Waals surface area contributed by atoms with Crippen LogP contribution in [-0.4, -0.2) is 33.0 Å². The van der Waals surface area contributed by atoms with Crippen molar-refractivity contribution in [1.29, 1.82) is 0 Å². The van der Waals surface area contributed by atoms with Gasteiger partial charge in [0, 0.05) is 18.3 Å². The zero-order valence-corrected chi connectivity index (χ0v) is 18.1. The number of nitrogens with two attached hydrogens (primary N) is 1. The Morgan fingerprint density at radius 3 is 2.36 bits per heavy atom. The van der Waals surface area contributed by atoms with E-state index in [0.717, 1.165) is 28.4 Å². The summed E-state index contributed by atoms with van der Waals surface area (Å²) in [5.74, 6) is 0.793. The van der Waals surface area contributed by atoms with Crippen molar-refractivity contribution >= 4 is 21.4 Å². The molecule has 0 saturated heterocycles. The van der Waals surface area contributed by atoms with E-state index in [4.69, 9.17) is 5.14 Å². The lowest BCUT2D eigenvalue weighted by Crippen LogP contribution is -2.15. The number of benzene rings is 2. The Balaban J connectivity index is 1.65. The highest BCUT2D eigenvalue weighted by molar-refractivity contribution is 7.89. The second-order valence-electron chi connectivity index (χ2n) is 7.30. The molecule has 0 saturated carbocycles. The number of primary sulfonamides is 1. The number of sulfonamides is 1. The number of fused-ring (bicyclic) bond motifs is 1. The van der Waals surface area contributed by atoms with Crippen molar-refractivity contribution in [2.24, 2.45) is 5.14 Å². The third-order valence-electron chi connectivity index (χ3n) is 5.03. The van der Waals surface area contributed by atoms with Gasteiger partial charge in [-0.15, -0.1) is 5.10 Å². The first-order valence-electron chi connectivity index (χ1n) is 10.1. The molecule has 0 atom stereocenters. The Morgan fingerprint density at radius 2 is 1.64 bits per heavy atom. The van der Waals surface area contributed by atoms with Crippen molar-refractivity contribution in [2.75, 3.05) is 5.32 Å². The first-order chi connectivity index (χ1) is 16.0. The van der Waals surface area contributed by atoms with E-state index in [1.165, 1.54) is 6.20 Å². The topological polar surface area (TPSA) is 128 Å². The molecule has 164 valence electrons. The van der Waals surface area contributed by atoms with Gasteiger partial charge in [0.25, 0.3) is 10.0 Å². The van der Waals surface area contributed by atoms with Gasteiger partial charge in [-0.3, -0.25) is 4.98 Å². The van der Waals surface area contributed by atoms with Crippen LogP contribution in [0.15, 0.2) is 90.3 Å². The number of hydrogen-bond donors (Lipinski definition) is 2. The number of hydrogen-bond acceptors (Lipinski definition) is 7. The molecule has 3 heterocycles. The maximum absolute atomic E-state index is 11.7. The van der Waals surface area contributed by atoms with E-state index in [0.29, 0.717) is 12.4 Å². The summed E-state index contributed by atoms with van der Waals surface area (Å²) in [6.45, 7) is 0.537. The van der Waals surface area contributed by atoms with Gasteiger partial charge in [0.05, 0.1) is 12.4 Å². The smallest absolute Gasteiger partial charge is 0.257 e. The number of aromatic nitrogens is 5. The van der Waals surface area contributed by atoms with Crippen LogP contribution in [-0.2, 0) is 16.6 Å². The van der Waals surface area contributed by atoms with Crippen LogP contribution >= 0.6 is 0 Å². The molecule has 5 aromatic rings. The van der Waals surface area contributed by atoms with Gasteiger partial charge in [0.15, 0.2) is 10.8 Å². The Hall–Kier alpha value is -4.15. The van der Waals surface area contributed by atoms with Crippen molar-refractivity contribution in [2.45, 2.75) is 11.6 Å². The molecular weight excluding hydrogens is 438 g/mol. The fourth-order valence-electron chi connectivity index (χ4n) is 3.48. The maximum atomic E-state index is 11.7. The van der Waals surface area contributed by atoms with E-state index in [9.17, 15) is 8.42 Å². The van der Waals surface area contributed by atoms with Crippen LogP contribution in [0.4, 0.5) is 5.82 Å². The first-order valence-corrected chi connectivity index (χ1v) is 11.6. The molecule has 3 aromatic heterocycles. The average molecular weight is 458 g/mol. The largest absolute Gasteiger partial charge is 0.364 e. The second-order valence-corrected chi connectivity index (χ2v) is 8.81. The SMILES string of the molecule is NS(=O)(=O)c1cncc(-c2nc(NCc3ccccc3)c3c(-c4ccccc4)ccn3n2)n1. The lowest BCUT2D eigenvalue weighted by molar-refractivity contribution is 0.593. The van der Waals surface area contributed by atoms with Crippen LogP contribution in [0, 0.1) is 0 Å². The summed E-state index contributed by atoms with van der Waals surface area (Å²) in [5, 5.41) is 12.8. The molecule has 0 radical (unpaired) electrons. The van der Waals surface area contributed by atoms with Gasteiger partial charge < -0.3 is 5.32 Å². The molecule has 2 aromatic carbocycles. The molecule has 9 nitrogen and oxygen atoms in total. The molecule has 0 aliphatic rings. The van der Waals surface area contributed by atoms with Crippen LogP contribution in [0.25, 0.3) is 28.2 Å². The summed E-state index contributed by atoms with van der Waals surface area (Å²) in [6, 6.07) is 21.8. The van der Waals surface area contributed by atoms with Gasteiger partial charge in [-0.05, 0) is 17.2 Å². The third-order valence-corrected chi connectivity index (χ3v) is 5.81. The van der Waals surface area contributed by atoms with Gasteiger partial charge in [-0.1, -0.05) is 60.7 Å².